The lowest BCUT2D eigenvalue weighted by molar-refractivity contribution is 0.286. The Balaban J connectivity index is 1.64. The fraction of sp³-hybridized carbons (Fsp3) is 0.294. The van der Waals surface area contributed by atoms with Gasteiger partial charge in [-0.3, -0.25) is 0 Å². The molecule has 1 N–H and O–H groups in total. The van der Waals surface area contributed by atoms with Crippen molar-refractivity contribution in [3.8, 4) is 5.75 Å². The summed E-state index contributed by atoms with van der Waals surface area (Å²) in [6.45, 7) is 0.704. The van der Waals surface area contributed by atoms with E-state index in [1.807, 2.05) is 18.2 Å². The third kappa shape index (κ3) is 1.88. The van der Waals surface area contributed by atoms with Crippen molar-refractivity contribution < 1.29 is 4.74 Å². The fourth-order valence-electron chi connectivity index (χ4n) is 3.10. The highest BCUT2D eigenvalue weighted by molar-refractivity contribution is 5.59. The molecule has 0 aromatic heterocycles. The third-order valence-electron chi connectivity index (χ3n) is 4.15. The summed E-state index contributed by atoms with van der Waals surface area (Å²) in [7, 11) is 0. The number of ether oxygens (including phenoxy) is 1. The summed E-state index contributed by atoms with van der Waals surface area (Å²) >= 11 is 0. The van der Waals surface area contributed by atoms with Crippen LogP contribution in [-0.4, -0.2) is 6.61 Å². The van der Waals surface area contributed by atoms with E-state index in [0.29, 0.717) is 6.61 Å². The summed E-state index contributed by atoms with van der Waals surface area (Å²) < 4.78 is 5.85. The van der Waals surface area contributed by atoms with Crippen LogP contribution in [0.1, 0.15) is 29.2 Å². The molecule has 1 atom stereocenters. The molecule has 0 amide bonds. The number of rotatable bonds is 1. The summed E-state index contributed by atoms with van der Waals surface area (Å²) in [5.41, 5.74) is 5.49. The Morgan fingerprint density at radius 3 is 2.89 bits per heavy atom. The molecule has 0 spiro atoms. The van der Waals surface area contributed by atoms with E-state index < -0.39 is 0 Å². The second-order valence-corrected chi connectivity index (χ2v) is 5.39. The lowest BCUT2D eigenvalue weighted by Gasteiger charge is -2.28. The van der Waals surface area contributed by atoms with E-state index in [1.54, 1.807) is 0 Å². The minimum Gasteiger partial charge on any atom is -0.489 e. The van der Waals surface area contributed by atoms with Crippen molar-refractivity contribution in [3.05, 3.63) is 59.2 Å². The second kappa shape index (κ2) is 4.30. The van der Waals surface area contributed by atoms with Crippen molar-refractivity contribution >= 4 is 5.69 Å². The molecule has 0 saturated heterocycles. The molecule has 1 aliphatic carbocycles. The molecule has 1 heterocycles. The average molecular weight is 251 g/mol. The van der Waals surface area contributed by atoms with Crippen LogP contribution in [0.25, 0.3) is 0 Å². The number of hydrogen-bond acceptors (Lipinski definition) is 2. The summed E-state index contributed by atoms with van der Waals surface area (Å²) in [5.74, 6) is 0.958. The van der Waals surface area contributed by atoms with E-state index in [9.17, 15) is 0 Å². The van der Waals surface area contributed by atoms with Crippen LogP contribution in [-0.2, 0) is 12.8 Å². The fourth-order valence-corrected chi connectivity index (χ4v) is 3.10. The van der Waals surface area contributed by atoms with Gasteiger partial charge in [0.1, 0.15) is 12.4 Å². The van der Waals surface area contributed by atoms with E-state index in [1.165, 1.54) is 36.0 Å². The van der Waals surface area contributed by atoms with Crippen molar-refractivity contribution in [2.75, 3.05) is 11.9 Å². The molecule has 0 fully saturated rings. The first-order chi connectivity index (χ1) is 9.40. The monoisotopic (exact) mass is 251 g/mol. The minimum absolute atomic E-state index is 0.265. The average Bonchev–Trinajstić information content (AvgIpc) is 2.94. The molecule has 96 valence electrons. The SMILES string of the molecule is c1ccc2c(c1)NC(c1ccc3c(c1)CCC3)CO2. The van der Waals surface area contributed by atoms with Crippen LogP contribution in [0.2, 0.25) is 0 Å². The molecule has 0 saturated carbocycles. The molecule has 4 rings (SSSR count). The Morgan fingerprint density at radius 1 is 1.00 bits per heavy atom. The Kier molecular flexibility index (Phi) is 2.47. The summed E-state index contributed by atoms with van der Waals surface area (Å²) in [5, 5.41) is 3.58. The number of fused-ring (bicyclic) bond motifs is 2. The summed E-state index contributed by atoms with van der Waals surface area (Å²) in [6, 6.07) is 15.3. The van der Waals surface area contributed by atoms with Gasteiger partial charge in [0.2, 0.25) is 0 Å². The molecular weight excluding hydrogens is 234 g/mol. The molecule has 2 nitrogen and oxygen atoms in total. The zero-order valence-electron chi connectivity index (χ0n) is 10.9. The van der Waals surface area contributed by atoms with Crippen LogP contribution in [0.4, 0.5) is 5.69 Å². The van der Waals surface area contributed by atoms with Gasteiger partial charge >= 0.3 is 0 Å². The number of nitrogens with one attached hydrogen (secondary N) is 1. The molecule has 2 aliphatic rings. The van der Waals surface area contributed by atoms with Gasteiger partial charge in [-0.1, -0.05) is 30.3 Å². The highest BCUT2D eigenvalue weighted by Crippen LogP contribution is 2.34. The van der Waals surface area contributed by atoms with Crippen LogP contribution >= 0.6 is 0 Å². The van der Waals surface area contributed by atoms with Crippen LogP contribution in [0.5, 0.6) is 5.75 Å². The van der Waals surface area contributed by atoms with Gasteiger partial charge in [0.25, 0.3) is 0 Å². The smallest absolute Gasteiger partial charge is 0.142 e. The predicted octanol–water partition coefficient (Wildman–Crippen LogP) is 3.72. The van der Waals surface area contributed by atoms with Crippen molar-refractivity contribution in [2.24, 2.45) is 0 Å². The van der Waals surface area contributed by atoms with Crippen molar-refractivity contribution in [1.29, 1.82) is 0 Å². The molecule has 1 aliphatic heterocycles. The van der Waals surface area contributed by atoms with Gasteiger partial charge in [0, 0.05) is 0 Å². The largest absolute Gasteiger partial charge is 0.489 e. The Hall–Kier alpha value is -1.96. The van der Waals surface area contributed by atoms with Gasteiger partial charge in [-0.05, 0) is 48.1 Å². The van der Waals surface area contributed by atoms with E-state index in [0.717, 1.165) is 11.4 Å². The third-order valence-corrected chi connectivity index (χ3v) is 4.15. The first-order valence-corrected chi connectivity index (χ1v) is 7.00. The van der Waals surface area contributed by atoms with Gasteiger partial charge in [-0.25, -0.2) is 0 Å². The van der Waals surface area contributed by atoms with Crippen LogP contribution < -0.4 is 10.1 Å². The molecular formula is C17H17NO. The van der Waals surface area contributed by atoms with Gasteiger partial charge in [0.15, 0.2) is 0 Å². The quantitative estimate of drug-likeness (QED) is 0.834. The highest BCUT2D eigenvalue weighted by atomic mass is 16.5. The summed E-state index contributed by atoms with van der Waals surface area (Å²) in [4.78, 5) is 0. The van der Waals surface area contributed by atoms with E-state index in [4.69, 9.17) is 4.74 Å². The normalized spacial score (nSPS) is 20.1. The molecule has 2 aromatic rings. The van der Waals surface area contributed by atoms with Gasteiger partial charge in [-0.15, -0.1) is 0 Å². The van der Waals surface area contributed by atoms with Crippen LogP contribution in [0, 0.1) is 0 Å². The number of anilines is 1. The molecule has 0 bridgehead atoms. The summed E-state index contributed by atoms with van der Waals surface area (Å²) in [6.07, 6.45) is 3.77. The Labute approximate surface area is 113 Å². The van der Waals surface area contributed by atoms with Crippen molar-refractivity contribution in [2.45, 2.75) is 25.3 Å². The second-order valence-electron chi connectivity index (χ2n) is 5.39. The van der Waals surface area contributed by atoms with E-state index in [2.05, 4.69) is 29.6 Å². The first-order valence-electron chi connectivity index (χ1n) is 7.00. The zero-order valence-corrected chi connectivity index (χ0v) is 10.9. The molecule has 1 unspecified atom stereocenters. The molecule has 2 heteroatoms. The molecule has 2 aromatic carbocycles. The maximum absolute atomic E-state index is 5.85. The lowest BCUT2D eigenvalue weighted by Crippen LogP contribution is -2.23. The number of hydrogen-bond donors (Lipinski definition) is 1. The van der Waals surface area contributed by atoms with Crippen molar-refractivity contribution in [3.63, 3.8) is 0 Å². The van der Waals surface area contributed by atoms with Crippen LogP contribution in [0.15, 0.2) is 42.5 Å². The minimum atomic E-state index is 0.265. The van der Waals surface area contributed by atoms with Gasteiger partial charge in [0.05, 0.1) is 11.7 Å². The van der Waals surface area contributed by atoms with E-state index in [-0.39, 0.29) is 6.04 Å². The molecule has 0 radical (unpaired) electrons. The maximum Gasteiger partial charge on any atom is 0.142 e. The van der Waals surface area contributed by atoms with E-state index >= 15 is 0 Å². The highest BCUT2D eigenvalue weighted by Gasteiger charge is 2.21. The van der Waals surface area contributed by atoms with Crippen molar-refractivity contribution in [1.82, 2.24) is 0 Å². The molecule has 19 heavy (non-hydrogen) atoms. The van der Waals surface area contributed by atoms with Crippen LogP contribution in [0.3, 0.4) is 0 Å². The maximum atomic E-state index is 5.85. The lowest BCUT2D eigenvalue weighted by atomic mass is 10.0. The Bertz CT molecular complexity index is 620. The van der Waals surface area contributed by atoms with Gasteiger partial charge in [-0.2, -0.15) is 0 Å². The first kappa shape index (κ1) is 10.9. The predicted molar refractivity (Wildman–Crippen MR) is 76.8 cm³/mol. The Morgan fingerprint density at radius 2 is 1.89 bits per heavy atom. The van der Waals surface area contributed by atoms with Gasteiger partial charge < -0.3 is 10.1 Å². The topological polar surface area (TPSA) is 21.3 Å². The standard InChI is InChI=1S/C17H17NO/c1-2-7-17-15(6-1)18-16(11-19-17)14-9-8-12-4-3-5-13(12)10-14/h1-2,6-10,16,18H,3-5,11H2. The zero-order chi connectivity index (χ0) is 12.7. The number of para-hydroxylation sites is 2. The number of benzene rings is 2. The number of aryl methyl sites for hydroxylation is 2.